The van der Waals surface area contributed by atoms with Gasteiger partial charge in [0.1, 0.15) is 5.69 Å². The van der Waals surface area contributed by atoms with E-state index in [1.54, 1.807) is 16.8 Å². The zero-order valence-electron chi connectivity index (χ0n) is 14.2. The summed E-state index contributed by atoms with van der Waals surface area (Å²) in [5.41, 5.74) is 2.83. The molecule has 25 heavy (non-hydrogen) atoms. The first-order chi connectivity index (χ1) is 12.1. The highest BCUT2D eigenvalue weighted by atomic mass is 35.5. The monoisotopic (exact) mass is 353 g/mol. The maximum Gasteiger partial charge on any atom is 0.270 e. The van der Waals surface area contributed by atoms with Crippen molar-refractivity contribution in [2.75, 3.05) is 0 Å². The fourth-order valence-electron chi connectivity index (χ4n) is 2.50. The van der Waals surface area contributed by atoms with Gasteiger partial charge in [0.25, 0.3) is 5.91 Å². The van der Waals surface area contributed by atoms with E-state index in [9.17, 15) is 4.79 Å². The Hall–Kier alpha value is -2.59. The van der Waals surface area contributed by atoms with Gasteiger partial charge in [0, 0.05) is 11.6 Å². The van der Waals surface area contributed by atoms with Gasteiger partial charge in [-0.25, -0.2) is 4.68 Å². The summed E-state index contributed by atoms with van der Waals surface area (Å²) in [6.07, 6.45) is 0.859. The van der Waals surface area contributed by atoms with E-state index in [1.165, 1.54) is 0 Å². The molecule has 1 N–H and O–H groups in total. The number of carbonyl (C=O) groups is 1. The van der Waals surface area contributed by atoms with Crippen molar-refractivity contribution in [1.82, 2.24) is 15.1 Å². The quantitative estimate of drug-likeness (QED) is 0.721. The van der Waals surface area contributed by atoms with Gasteiger partial charge in [0.2, 0.25) is 0 Å². The van der Waals surface area contributed by atoms with Crippen molar-refractivity contribution < 1.29 is 4.79 Å². The molecule has 1 unspecified atom stereocenters. The zero-order valence-corrected chi connectivity index (χ0v) is 15.0. The normalized spacial score (nSPS) is 12.0. The summed E-state index contributed by atoms with van der Waals surface area (Å²) in [6.45, 7) is 4.01. The summed E-state index contributed by atoms with van der Waals surface area (Å²) < 4.78 is 1.61. The third-order valence-corrected chi connectivity index (χ3v) is 4.40. The van der Waals surface area contributed by atoms with Crippen LogP contribution in [0, 0.1) is 0 Å². The molecule has 0 aliphatic rings. The Morgan fingerprint density at radius 2 is 1.84 bits per heavy atom. The summed E-state index contributed by atoms with van der Waals surface area (Å²) >= 11 is 6.33. The molecule has 5 heteroatoms. The molecule has 1 atom stereocenters. The van der Waals surface area contributed by atoms with Crippen molar-refractivity contribution in [2.24, 2.45) is 0 Å². The third kappa shape index (κ3) is 3.74. The lowest BCUT2D eigenvalue weighted by Gasteiger charge is -2.13. The van der Waals surface area contributed by atoms with Crippen molar-refractivity contribution in [2.45, 2.75) is 26.3 Å². The Balaban J connectivity index is 2.10. The third-order valence-electron chi connectivity index (χ3n) is 4.08. The van der Waals surface area contributed by atoms with Crippen molar-refractivity contribution >= 4 is 17.5 Å². The molecule has 0 aliphatic heterocycles. The van der Waals surface area contributed by atoms with Gasteiger partial charge >= 0.3 is 0 Å². The second-order valence-corrected chi connectivity index (χ2v) is 6.33. The van der Waals surface area contributed by atoms with Crippen LogP contribution in [0.5, 0.6) is 0 Å². The van der Waals surface area contributed by atoms with Gasteiger partial charge in [0.15, 0.2) is 0 Å². The van der Waals surface area contributed by atoms with E-state index in [4.69, 9.17) is 11.6 Å². The Labute approximate surface area is 152 Å². The predicted molar refractivity (Wildman–Crippen MR) is 101 cm³/mol. The van der Waals surface area contributed by atoms with Crippen LogP contribution in [0.15, 0.2) is 60.7 Å². The first-order valence-electron chi connectivity index (χ1n) is 8.31. The number of hydrogen-bond acceptors (Lipinski definition) is 2. The van der Waals surface area contributed by atoms with Crippen LogP contribution < -0.4 is 5.32 Å². The maximum absolute atomic E-state index is 12.7. The van der Waals surface area contributed by atoms with Crippen LogP contribution in [0.25, 0.3) is 16.9 Å². The Kier molecular flexibility index (Phi) is 5.19. The van der Waals surface area contributed by atoms with Gasteiger partial charge in [-0.2, -0.15) is 5.10 Å². The number of nitrogens with zero attached hydrogens (tertiary/aromatic N) is 2. The van der Waals surface area contributed by atoms with Gasteiger partial charge in [-0.05, 0) is 31.5 Å². The smallest absolute Gasteiger partial charge is 0.270 e. The van der Waals surface area contributed by atoms with Gasteiger partial charge in [-0.1, -0.05) is 61.0 Å². The Morgan fingerprint density at radius 3 is 2.52 bits per heavy atom. The average Bonchev–Trinajstić information content (AvgIpc) is 3.08. The number of aromatic nitrogens is 2. The molecule has 3 rings (SSSR count). The van der Waals surface area contributed by atoms with E-state index >= 15 is 0 Å². The standard InChI is InChI=1S/C20H20ClN3O/c1-3-14(2)22-20(25)19-13-17(15-9-5-4-6-10-15)23-24(19)18-12-8-7-11-16(18)21/h4-14H,3H2,1-2H3,(H,22,25). The first-order valence-corrected chi connectivity index (χ1v) is 8.69. The second kappa shape index (κ2) is 7.53. The summed E-state index contributed by atoms with van der Waals surface area (Å²) in [7, 11) is 0. The predicted octanol–water partition coefficient (Wildman–Crippen LogP) is 4.72. The van der Waals surface area contributed by atoms with Gasteiger partial charge in [-0.3, -0.25) is 4.79 Å². The molecular formula is C20H20ClN3O. The Morgan fingerprint density at radius 1 is 1.16 bits per heavy atom. The molecule has 0 aliphatic carbocycles. The minimum atomic E-state index is -0.163. The van der Waals surface area contributed by atoms with E-state index in [2.05, 4.69) is 10.4 Å². The van der Waals surface area contributed by atoms with Crippen LogP contribution in [-0.4, -0.2) is 21.7 Å². The fraction of sp³-hybridized carbons (Fsp3) is 0.200. The van der Waals surface area contributed by atoms with Crippen LogP contribution in [0.4, 0.5) is 0 Å². The first kappa shape index (κ1) is 17.2. The highest BCUT2D eigenvalue weighted by molar-refractivity contribution is 6.32. The SMILES string of the molecule is CCC(C)NC(=O)c1cc(-c2ccccc2)nn1-c1ccccc1Cl. The second-order valence-electron chi connectivity index (χ2n) is 5.93. The van der Waals surface area contributed by atoms with Gasteiger partial charge in [-0.15, -0.1) is 0 Å². The number of benzene rings is 2. The highest BCUT2D eigenvalue weighted by Crippen LogP contribution is 2.25. The van der Waals surface area contributed by atoms with Crippen molar-refractivity contribution in [3.63, 3.8) is 0 Å². The molecule has 0 bridgehead atoms. The number of halogens is 1. The van der Waals surface area contributed by atoms with Crippen molar-refractivity contribution in [3.05, 3.63) is 71.4 Å². The summed E-state index contributed by atoms with van der Waals surface area (Å²) in [4.78, 5) is 12.7. The van der Waals surface area contributed by atoms with E-state index < -0.39 is 0 Å². The van der Waals surface area contributed by atoms with E-state index in [-0.39, 0.29) is 11.9 Å². The molecule has 1 aromatic heterocycles. The molecule has 1 amide bonds. The van der Waals surface area contributed by atoms with Crippen LogP contribution in [0.1, 0.15) is 30.8 Å². The lowest BCUT2D eigenvalue weighted by atomic mass is 10.1. The van der Waals surface area contributed by atoms with Crippen LogP contribution in [0.3, 0.4) is 0 Å². The lowest BCUT2D eigenvalue weighted by Crippen LogP contribution is -2.33. The molecule has 128 valence electrons. The minimum absolute atomic E-state index is 0.0854. The summed E-state index contributed by atoms with van der Waals surface area (Å²) in [5.74, 6) is -0.163. The highest BCUT2D eigenvalue weighted by Gasteiger charge is 2.19. The number of para-hydroxylation sites is 1. The minimum Gasteiger partial charge on any atom is -0.348 e. The zero-order chi connectivity index (χ0) is 17.8. The molecule has 2 aromatic carbocycles. The fourth-order valence-corrected chi connectivity index (χ4v) is 2.72. The average molecular weight is 354 g/mol. The van der Waals surface area contributed by atoms with Gasteiger partial charge < -0.3 is 5.32 Å². The molecule has 0 saturated carbocycles. The number of hydrogen-bond donors (Lipinski definition) is 1. The molecule has 3 aromatic rings. The lowest BCUT2D eigenvalue weighted by molar-refractivity contribution is 0.0931. The topological polar surface area (TPSA) is 46.9 Å². The van der Waals surface area contributed by atoms with E-state index in [0.29, 0.717) is 16.4 Å². The van der Waals surface area contributed by atoms with E-state index in [0.717, 1.165) is 17.7 Å². The summed E-state index contributed by atoms with van der Waals surface area (Å²) in [6, 6.07) is 19.0. The number of amides is 1. The largest absolute Gasteiger partial charge is 0.348 e. The number of rotatable bonds is 5. The molecule has 0 saturated heterocycles. The van der Waals surface area contributed by atoms with Crippen LogP contribution in [0.2, 0.25) is 5.02 Å². The van der Waals surface area contributed by atoms with Crippen LogP contribution in [-0.2, 0) is 0 Å². The van der Waals surface area contributed by atoms with Crippen molar-refractivity contribution in [1.29, 1.82) is 0 Å². The molecule has 4 nitrogen and oxygen atoms in total. The molecule has 0 radical (unpaired) electrons. The molecule has 0 fully saturated rings. The Bertz CT molecular complexity index is 874. The van der Waals surface area contributed by atoms with E-state index in [1.807, 2.05) is 62.4 Å². The molecular weight excluding hydrogens is 334 g/mol. The molecule has 1 heterocycles. The number of nitrogens with one attached hydrogen (secondary N) is 1. The van der Waals surface area contributed by atoms with Crippen molar-refractivity contribution in [3.8, 4) is 16.9 Å². The summed E-state index contributed by atoms with van der Waals surface area (Å²) in [5, 5.41) is 8.18. The maximum atomic E-state index is 12.7. The molecule has 0 spiro atoms. The van der Waals surface area contributed by atoms with Gasteiger partial charge in [0.05, 0.1) is 16.4 Å². The number of carbonyl (C=O) groups excluding carboxylic acids is 1. The van der Waals surface area contributed by atoms with Crippen LogP contribution >= 0.6 is 11.6 Å².